The Hall–Kier alpha value is -1.39. The van der Waals surface area contributed by atoms with E-state index in [-0.39, 0.29) is 18.7 Å². The van der Waals surface area contributed by atoms with E-state index in [9.17, 15) is 4.79 Å². The molecule has 4 nitrogen and oxygen atoms in total. The number of hydrogen-bond donors (Lipinski definition) is 0. The van der Waals surface area contributed by atoms with Gasteiger partial charge in [0.2, 0.25) is 0 Å². The van der Waals surface area contributed by atoms with Crippen molar-refractivity contribution in [3.05, 3.63) is 29.3 Å². The highest BCUT2D eigenvalue weighted by Gasteiger charge is 2.08. The lowest BCUT2D eigenvalue weighted by atomic mass is 10.1. The van der Waals surface area contributed by atoms with Gasteiger partial charge in [-0.2, -0.15) is 0 Å². The highest BCUT2D eigenvalue weighted by Crippen LogP contribution is 2.19. The second-order valence-electron chi connectivity index (χ2n) is 4.17. The molecule has 0 heterocycles. The van der Waals surface area contributed by atoms with Crippen molar-refractivity contribution in [2.45, 2.75) is 33.5 Å². The van der Waals surface area contributed by atoms with Gasteiger partial charge in [-0.05, 0) is 32.4 Å². The highest BCUT2D eigenvalue weighted by molar-refractivity contribution is 5.72. The lowest BCUT2D eigenvalue weighted by Crippen LogP contribution is -2.16. The summed E-state index contributed by atoms with van der Waals surface area (Å²) >= 11 is 0. The maximum atomic E-state index is 11.6. The standard InChI is InChI=1S/C14H20O4/c1-10-5-6-13(11(2)9-10)18-14(15)7-8-17-12(3)16-4/h5-6,9,12H,7-8H2,1-4H3. The minimum Gasteiger partial charge on any atom is -0.426 e. The molecular formula is C14H20O4. The van der Waals surface area contributed by atoms with Crippen molar-refractivity contribution in [3.63, 3.8) is 0 Å². The lowest BCUT2D eigenvalue weighted by molar-refractivity contribution is -0.141. The summed E-state index contributed by atoms with van der Waals surface area (Å²) < 4.78 is 15.4. The topological polar surface area (TPSA) is 44.8 Å². The van der Waals surface area contributed by atoms with Gasteiger partial charge >= 0.3 is 5.97 Å². The molecule has 0 aliphatic heterocycles. The van der Waals surface area contributed by atoms with Gasteiger partial charge in [-0.1, -0.05) is 17.7 Å². The molecule has 1 aromatic rings. The molecule has 0 amide bonds. The molecular weight excluding hydrogens is 232 g/mol. The van der Waals surface area contributed by atoms with Crippen LogP contribution in [0.1, 0.15) is 24.5 Å². The van der Waals surface area contributed by atoms with Gasteiger partial charge in [-0.15, -0.1) is 0 Å². The van der Waals surface area contributed by atoms with E-state index in [1.165, 1.54) is 0 Å². The van der Waals surface area contributed by atoms with E-state index in [4.69, 9.17) is 14.2 Å². The fourth-order valence-corrected chi connectivity index (χ4v) is 1.46. The second kappa shape index (κ2) is 7.13. The van der Waals surface area contributed by atoms with Crippen LogP contribution in [0.15, 0.2) is 18.2 Å². The summed E-state index contributed by atoms with van der Waals surface area (Å²) in [4.78, 5) is 11.6. The minimum atomic E-state index is -0.307. The molecule has 0 aliphatic rings. The van der Waals surface area contributed by atoms with Crippen molar-refractivity contribution in [2.24, 2.45) is 0 Å². The third-order valence-corrected chi connectivity index (χ3v) is 2.54. The fraction of sp³-hybridized carbons (Fsp3) is 0.500. The van der Waals surface area contributed by atoms with Crippen LogP contribution in [-0.2, 0) is 14.3 Å². The van der Waals surface area contributed by atoms with E-state index >= 15 is 0 Å². The van der Waals surface area contributed by atoms with Crippen molar-refractivity contribution < 1.29 is 19.0 Å². The molecule has 0 bridgehead atoms. The zero-order valence-corrected chi connectivity index (χ0v) is 11.4. The number of hydrogen-bond acceptors (Lipinski definition) is 4. The maximum absolute atomic E-state index is 11.6. The monoisotopic (exact) mass is 252 g/mol. The van der Waals surface area contributed by atoms with Crippen LogP contribution in [0.3, 0.4) is 0 Å². The predicted molar refractivity (Wildman–Crippen MR) is 68.6 cm³/mol. The van der Waals surface area contributed by atoms with Gasteiger partial charge in [0.25, 0.3) is 0 Å². The summed E-state index contributed by atoms with van der Waals surface area (Å²) in [5, 5.41) is 0. The molecule has 100 valence electrons. The quantitative estimate of drug-likeness (QED) is 0.443. The number of esters is 1. The average molecular weight is 252 g/mol. The number of ether oxygens (including phenoxy) is 3. The van der Waals surface area contributed by atoms with Gasteiger partial charge in [0.15, 0.2) is 6.29 Å². The first-order chi connectivity index (χ1) is 8.52. The van der Waals surface area contributed by atoms with E-state index in [0.717, 1.165) is 11.1 Å². The Morgan fingerprint density at radius 1 is 1.33 bits per heavy atom. The first-order valence-corrected chi connectivity index (χ1v) is 5.95. The lowest BCUT2D eigenvalue weighted by Gasteiger charge is -2.11. The molecule has 0 spiro atoms. The molecule has 1 unspecified atom stereocenters. The van der Waals surface area contributed by atoms with Gasteiger partial charge in [0.05, 0.1) is 13.0 Å². The van der Waals surface area contributed by atoms with Crippen LogP contribution in [0.2, 0.25) is 0 Å². The number of carbonyl (C=O) groups excluding carboxylic acids is 1. The fourth-order valence-electron chi connectivity index (χ4n) is 1.46. The van der Waals surface area contributed by atoms with Crippen LogP contribution in [0.25, 0.3) is 0 Å². The van der Waals surface area contributed by atoms with Crippen LogP contribution in [0.5, 0.6) is 5.75 Å². The molecule has 1 atom stereocenters. The van der Waals surface area contributed by atoms with Crippen LogP contribution in [0, 0.1) is 13.8 Å². The summed E-state index contributed by atoms with van der Waals surface area (Å²) in [5.41, 5.74) is 2.10. The minimum absolute atomic E-state index is 0.209. The Morgan fingerprint density at radius 3 is 2.67 bits per heavy atom. The Morgan fingerprint density at radius 2 is 2.06 bits per heavy atom. The summed E-state index contributed by atoms with van der Waals surface area (Å²) in [6.07, 6.45) is -0.0972. The van der Waals surface area contributed by atoms with Gasteiger partial charge in [0, 0.05) is 7.11 Å². The van der Waals surface area contributed by atoms with Gasteiger partial charge in [0.1, 0.15) is 5.75 Å². The van der Waals surface area contributed by atoms with Gasteiger partial charge in [-0.3, -0.25) is 4.79 Å². The molecule has 0 radical (unpaired) electrons. The molecule has 0 aliphatic carbocycles. The van der Waals surface area contributed by atoms with Crippen LogP contribution in [0.4, 0.5) is 0 Å². The molecule has 1 rings (SSSR count). The molecule has 0 saturated heterocycles. The number of carbonyl (C=O) groups is 1. The van der Waals surface area contributed by atoms with Crippen LogP contribution < -0.4 is 4.74 Å². The zero-order chi connectivity index (χ0) is 13.5. The molecule has 1 aromatic carbocycles. The van der Waals surface area contributed by atoms with E-state index in [1.807, 2.05) is 26.0 Å². The Balaban J connectivity index is 2.40. The van der Waals surface area contributed by atoms with E-state index < -0.39 is 0 Å². The third-order valence-electron chi connectivity index (χ3n) is 2.54. The zero-order valence-electron chi connectivity index (χ0n) is 11.4. The summed E-state index contributed by atoms with van der Waals surface area (Å²) in [6, 6.07) is 5.70. The first-order valence-electron chi connectivity index (χ1n) is 5.95. The van der Waals surface area contributed by atoms with E-state index in [0.29, 0.717) is 12.4 Å². The molecule has 0 saturated carbocycles. The Kier molecular flexibility index (Phi) is 5.82. The smallest absolute Gasteiger partial charge is 0.313 e. The Bertz CT molecular complexity index is 401. The summed E-state index contributed by atoms with van der Waals surface area (Å²) in [5.74, 6) is 0.302. The van der Waals surface area contributed by atoms with Crippen molar-refractivity contribution in [2.75, 3.05) is 13.7 Å². The van der Waals surface area contributed by atoms with Crippen LogP contribution >= 0.6 is 0 Å². The van der Waals surface area contributed by atoms with E-state index in [1.54, 1.807) is 20.1 Å². The average Bonchev–Trinajstić information content (AvgIpc) is 2.32. The maximum Gasteiger partial charge on any atom is 0.313 e. The summed E-state index contributed by atoms with van der Waals surface area (Å²) in [6.45, 7) is 5.98. The van der Waals surface area contributed by atoms with E-state index in [2.05, 4.69) is 0 Å². The van der Waals surface area contributed by atoms with Gasteiger partial charge < -0.3 is 14.2 Å². The molecule has 0 fully saturated rings. The predicted octanol–water partition coefficient (Wildman–Crippen LogP) is 2.61. The third kappa shape index (κ3) is 4.85. The number of aryl methyl sites for hydroxylation is 2. The number of benzene rings is 1. The van der Waals surface area contributed by atoms with Crippen molar-refractivity contribution in [1.82, 2.24) is 0 Å². The van der Waals surface area contributed by atoms with Crippen molar-refractivity contribution >= 4 is 5.97 Å². The van der Waals surface area contributed by atoms with Crippen LogP contribution in [-0.4, -0.2) is 26.0 Å². The SMILES string of the molecule is COC(C)OCCC(=O)Oc1ccc(C)cc1C. The molecule has 0 aromatic heterocycles. The second-order valence-corrected chi connectivity index (χ2v) is 4.17. The van der Waals surface area contributed by atoms with Gasteiger partial charge in [-0.25, -0.2) is 0 Å². The Labute approximate surface area is 108 Å². The molecule has 0 N–H and O–H groups in total. The number of rotatable bonds is 6. The first kappa shape index (κ1) is 14.7. The normalized spacial score (nSPS) is 12.2. The summed E-state index contributed by atoms with van der Waals surface area (Å²) in [7, 11) is 1.55. The highest BCUT2D eigenvalue weighted by atomic mass is 16.7. The van der Waals surface area contributed by atoms with Crippen molar-refractivity contribution in [1.29, 1.82) is 0 Å². The molecule has 4 heteroatoms. The largest absolute Gasteiger partial charge is 0.426 e. The number of methoxy groups -OCH3 is 1. The van der Waals surface area contributed by atoms with Crippen molar-refractivity contribution in [3.8, 4) is 5.75 Å². The molecule has 18 heavy (non-hydrogen) atoms.